The Balaban J connectivity index is 2.24. The van der Waals surface area contributed by atoms with E-state index in [4.69, 9.17) is 0 Å². The minimum absolute atomic E-state index is 0.342. The van der Waals surface area contributed by atoms with Gasteiger partial charge >= 0.3 is 11.1 Å². The molecule has 0 amide bonds. The number of aromatic nitrogens is 3. The van der Waals surface area contributed by atoms with Gasteiger partial charge < -0.3 is 14.5 Å². The number of rotatable bonds is 4. The molecule has 0 aliphatic heterocycles. The van der Waals surface area contributed by atoms with Crippen LogP contribution in [0.2, 0.25) is 0 Å². The van der Waals surface area contributed by atoms with E-state index in [9.17, 15) is 9.59 Å². The second kappa shape index (κ2) is 5.51. The Morgan fingerprint density at radius 3 is 2.63 bits per heavy atom. The SMILES string of the molecule is CCNc1ccc(Cn2ccn(C)c(=O)c2=O)cn1. The second-order valence-electron chi connectivity index (χ2n) is 4.23. The summed E-state index contributed by atoms with van der Waals surface area (Å²) in [7, 11) is 1.56. The van der Waals surface area contributed by atoms with Crippen LogP contribution < -0.4 is 16.4 Å². The van der Waals surface area contributed by atoms with Crippen molar-refractivity contribution in [2.75, 3.05) is 11.9 Å². The molecule has 0 aliphatic carbocycles. The zero-order valence-electron chi connectivity index (χ0n) is 11.0. The Morgan fingerprint density at radius 1 is 1.21 bits per heavy atom. The smallest absolute Gasteiger partial charge is 0.316 e. The summed E-state index contributed by atoms with van der Waals surface area (Å²) in [4.78, 5) is 27.5. The number of pyridine rings is 1. The van der Waals surface area contributed by atoms with Crippen molar-refractivity contribution in [1.29, 1.82) is 0 Å². The van der Waals surface area contributed by atoms with Crippen molar-refractivity contribution in [1.82, 2.24) is 14.1 Å². The maximum Gasteiger partial charge on any atom is 0.316 e. The third kappa shape index (κ3) is 2.90. The van der Waals surface area contributed by atoms with Crippen molar-refractivity contribution < 1.29 is 0 Å². The van der Waals surface area contributed by atoms with Gasteiger partial charge in [0.25, 0.3) is 0 Å². The molecule has 2 aromatic heterocycles. The van der Waals surface area contributed by atoms with Crippen LogP contribution in [-0.2, 0) is 13.6 Å². The maximum absolute atomic E-state index is 11.8. The van der Waals surface area contributed by atoms with Crippen molar-refractivity contribution in [3.8, 4) is 0 Å². The fourth-order valence-corrected chi connectivity index (χ4v) is 1.71. The Kier molecular flexibility index (Phi) is 3.79. The van der Waals surface area contributed by atoms with Gasteiger partial charge in [-0.3, -0.25) is 9.59 Å². The van der Waals surface area contributed by atoms with Gasteiger partial charge in [0.2, 0.25) is 0 Å². The lowest BCUT2D eigenvalue weighted by Gasteiger charge is -2.07. The minimum atomic E-state index is -0.528. The third-order valence-electron chi connectivity index (χ3n) is 2.77. The van der Waals surface area contributed by atoms with Crippen LogP contribution in [0.5, 0.6) is 0 Å². The van der Waals surface area contributed by atoms with Crippen LogP contribution in [0.15, 0.2) is 40.3 Å². The first kappa shape index (κ1) is 13.1. The van der Waals surface area contributed by atoms with Gasteiger partial charge in [0.05, 0.1) is 6.54 Å². The first-order chi connectivity index (χ1) is 9.11. The predicted molar refractivity (Wildman–Crippen MR) is 73.4 cm³/mol. The highest BCUT2D eigenvalue weighted by atomic mass is 16.2. The van der Waals surface area contributed by atoms with Crippen molar-refractivity contribution in [3.63, 3.8) is 0 Å². The van der Waals surface area contributed by atoms with Crippen LogP contribution in [0.4, 0.5) is 5.82 Å². The third-order valence-corrected chi connectivity index (χ3v) is 2.77. The number of hydrogen-bond acceptors (Lipinski definition) is 4. The summed E-state index contributed by atoms with van der Waals surface area (Å²) in [6.45, 7) is 3.14. The lowest BCUT2D eigenvalue weighted by molar-refractivity contribution is 0.694. The van der Waals surface area contributed by atoms with Gasteiger partial charge in [0.1, 0.15) is 5.82 Å². The van der Waals surface area contributed by atoms with Gasteiger partial charge in [-0.05, 0) is 18.6 Å². The molecule has 0 bridgehead atoms. The molecule has 1 N–H and O–H groups in total. The molecule has 6 nitrogen and oxygen atoms in total. The number of aryl methyl sites for hydroxylation is 1. The van der Waals surface area contributed by atoms with E-state index in [0.29, 0.717) is 6.54 Å². The quantitative estimate of drug-likeness (QED) is 0.809. The van der Waals surface area contributed by atoms with Crippen LogP contribution in [0, 0.1) is 0 Å². The molecule has 0 radical (unpaired) electrons. The molecule has 0 atom stereocenters. The summed E-state index contributed by atoms with van der Waals surface area (Å²) in [5.41, 5.74) is -0.183. The molecule has 6 heteroatoms. The summed E-state index contributed by atoms with van der Waals surface area (Å²) in [6.07, 6.45) is 4.87. The lowest BCUT2D eigenvalue weighted by Crippen LogP contribution is -2.39. The average molecular weight is 260 g/mol. The maximum atomic E-state index is 11.8. The molecule has 2 heterocycles. The molecule has 19 heavy (non-hydrogen) atoms. The van der Waals surface area contributed by atoms with E-state index in [-0.39, 0.29) is 0 Å². The molecule has 2 rings (SSSR count). The van der Waals surface area contributed by atoms with Gasteiger partial charge in [0, 0.05) is 32.2 Å². The molecule has 0 saturated heterocycles. The number of anilines is 1. The highest BCUT2D eigenvalue weighted by Gasteiger charge is 2.03. The van der Waals surface area contributed by atoms with Gasteiger partial charge in [-0.25, -0.2) is 4.98 Å². The standard InChI is InChI=1S/C13H16N4O2/c1-3-14-11-5-4-10(8-15-11)9-17-7-6-16(2)12(18)13(17)19/h4-8H,3,9H2,1-2H3,(H,14,15). The predicted octanol–water partition coefficient (Wildman–Crippen LogP) is 0.422. The van der Waals surface area contributed by atoms with Gasteiger partial charge in [0.15, 0.2) is 0 Å². The minimum Gasteiger partial charge on any atom is -0.370 e. The fourth-order valence-electron chi connectivity index (χ4n) is 1.71. The van der Waals surface area contributed by atoms with E-state index in [1.165, 1.54) is 9.13 Å². The largest absolute Gasteiger partial charge is 0.370 e. The zero-order valence-corrected chi connectivity index (χ0v) is 11.0. The molecule has 0 aromatic carbocycles. The summed E-state index contributed by atoms with van der Waals surface area (Å²) in [5.74, 6) is 0.794. The van der Waals surface area contributed by atoms with Crippen LogP contribution in [0.25, 0.3) is 0 Å². The number of nitrogens with one attached hydrogen (secondary N) is 1. The van der Waals surface area contributed by atoms with E-state index in [2.05, 4.69) is 10.3 Å². The lowest BCUT2D eigenvalue weighted by atomic mass is 10.3. The number of nitrogens with zero attached hydrogens (tertiary/aromatic N) is 3. The molecule has 0 spiro atoms. The summed E-state index contributed by atoms with van der Waals surface area (Å²) < 4.78 is 2.65. The molecular weight excluding hydrogens is 244 g/mol. The van der Waals surface area contributed by atoms with Crippen molar-refractivity contribution in [3.05, 3.63) is 57.0 Å². The normalized spacial score (nSPS) is 10.4. The van der Waals surface area contributed by atoms with E-state index in [1.54, 1.807) is 25.6 Å². The second-order valence-corrected chi connectivity index (χ2v) is 4.23. The van der Waals surface area contributed by atoms with Crippen molar-refractivity contribution in [2.24, 2.45) is 7.05 Å². The summed E-state index contributed by atoms with van der Waals surface area (Å²) >= 11 is 0. The monoisotopic (exact) mass is 260 g/mol. The molecule has 0 aliphatic rings. The van der Waals surface area contributed by atoms with Crippen LogP contribution in [0.1, 0.15) is 12.5 Å². The first-order valence-electron chi connectivity index (χ1n) is 6.06. The van der Waals surface area contributed by atoms with Crippen LogP contribution >= 0.6 is 0 Å². The van der Waals surface area contributed by atoms with Crippen LogP contribution in [-0.4, -0.2) is 20.7 Å². The zero-order chi connectivity index (χ0) is 13.8. The summed E-state index contributed by atoms with van der Waals surface area (Å²) in [5, 5.41) is 3.09. The Bertz CT molecular complexity index is 670. The summed E-state index contributed by atoms with van der Waals surface area (Å²) in [6, 6.07) is 3.74. The number of hydrogen-bond donors (Lipinski definition) is 1. The van der Waals surface area contributed by atoms with E-state index in [0.717, 1.165) is 17.9 Å². The topological polar surface area (TPSA) is 68.9 Å². The molecule has 0 unspecified atom stereocenters. The highest BCUT2D eigenvalue weighted by Crippen LogP contribution is 2.05. The Morgan fingerprint density at radius 2 is 2.00 bits per heavy atom. The van der Waals surface area contributed by atoms with E-state index in [1.807, 2.05) is 19.1 Å². The first-order valence-corrected chi connectivity index (χ1v) is 6.06. The molecule has 0 fully saturated rings. The van der Waals surface area contributed by atoms with Gasteiger partial charge in [-0.2, -0.15) is 0 Å². The molecule has 100 valence electrons. The molecule has 2 aromatic rings. The van der Waals surface area contributed by atoms with Crippen LogP contribution in [0.3, 0.4) is 0 Å². The van der Waals surface area contributed by atoms with Gasteiger partial charge in [-0.15, -0.1) is 0 Å². The van der Waals surface area contributed by atoms with Crippen molar-refractivity contribution in [2.45, 2.75) is 13.5 Å². The fraction of sp³-hybridized carbons (Fsp3) is 0.308. The van der Waals surface area contributed by atoms with Crippen molar-refractivity contribution >= 4 is 5.82 Å². The van der Waals surface area contributed by atoms with E-state index >= 15 is 0 Å². The molecule has 0 saturated carbocycles. The molecular formula is C13H16N4O2. The Hall–Kier alpha value is -2.37. The average Bonchev–Trinajstić information content (AvgIpc) is 2.42. The highest BCUT2D eigenvalue weighted by molar-refractivity contribution is 5.35. The van der Waals surface area contributed by atoms with Gasteiger partial charge in [-0.1, -0.05) is 6.07 Å². The van der Waals surface area contributed by atoms with E-state index < -0.39 is 11.1 Å². The Labute approximate surface area is 110 Å².